The maximum atomic E-state index is 6.27. The number of hydrogen-bond donors (Lipinski definition) is 1. The second-order valence-corrected chi connectivity index (χ2v) is 8.80. The topological polar surface area (TPSA) is 35.2 Å². The minimum atomic E-state index is 0.173. The third-order valence-corrected chi connectivity index (χ3v) is 4.96. The van der Waals surface area contributed by atoms with Crippen LogP contribution in [0.25, 0.3) is 0 Å². The van der Waals surface area contributed by atoms with Gasteiger partial charge in [0.25, 0.3) is 0 Å². The lowest BCUT2D eigenvalue weighted by molar-refractivity contribution is 0.353. The summed E-state index contributed by atoms with van der Waals surface area (Å²) in [6, 6.07) is 4.47. The van der Waals surface area contributed by atoms with Crippen molar-refractivity contribution in [2.45, 2.75) is 44.4 Å². The number of thioether (sulfide) groups is 1. The Morgan fingerprint density at radius 2 is 2.16 bits per heavy atom. The van der Waals surface area contributed by atoms with Crippen LogP contribution >= 0.6 is 27.7 Å². The zero-order valence-corrected chi connectivity index (χ0v) is 14.2. The van der Waals surface area contributed by atoms with Crippen molar-refractivity contribution >= 4 is 27.7 Å². The third-order valence-electron chi connectivity index (χ3n) is 3.04. The van der Waals surface area contributed by atoms with Crippen molar-refractivity contribution in [3.8, 4) is 5.75 Å². The molecule has 19 heavy (non-hydrogen) atoms. The first-order valence-electron chi connectivity index (χ1n) is 6.69. The second kappa shape index (κ2) is 6.06. The highest BCUT2D eigenvalue weighted by molar-refractivity contribution is 9.10. The fraction of sp³-hybridized carbons (Fsp3) is 0.600. The van der Waals surface area contributed by atoms with Crippen molar-refractivity contribution in [1.29, 1.82) is 0 Å². The average molecular weight is 344 g/mol. The van der Waals surface area contributed by atoms with Crippen LogP contribution in [0.15, 0.2) is 16.6 Å². The van der Waals surface area contributed by atoms with E-state index < -0.39 is 0 Å². The van der Waals surface area contributed by atoms with Gasteiger partial charge in [-0.1, -0.05) is 36.7 Å². The number of ether oxygens (including phenoxy) is 1. The highest BCUT2D eigenvalue weighted by Crippen LogP contribution is 2.34. The smallest absolute Gasteiger partial charge is 0.125 e. The SMILES string of the molecule is CC(C)(C)SCC(N)Cc1cc(Br)cc2c1OCC2. The summed E-state index contributed by atoms with van der Waals surface area (Å²) in [6.07, 6.45) is 1.89. The molecule has 1 aliphatic rings. The van der Waals surface area contributed by atoms with Crippen molar-refractivity contribution in [2.24, 2.45) is 5.73 Å². The van der Waals surface area contributed by atoms with Gasteiger partial charge in [-0.3, -0.25) is 0 Å². The Hall–Kier alpha value is -0.190. The van der Waals surface area contributed by atoms with Crippen molar-refractivity contribution in [3.63, 3.8) is 0 Å². The van der Waals surface area contributed by atoms with E-state index in [2.05, 4.69) is 48.8 Å². The summed E-state index contributed by atoms with van der Waals surface area (Å²) in [4.78, 5) is 0. The first kappa shape index (κ1) is 15.2. The molecule has 1 unspecified atom stereocenters. The maximum absolute atomic E-state index is 6.27. The van der Waals surface area contributed by atoms with E-state index in [0.29, 0.717) is 0 Å². The van der Waals surface area contributed by atoms with E-state index in [0.717, 1.165) is 35.4 Å². The van der Waals surface area contributed by atoms with Crippen molar-refractivity contribution in [2.75, 3.05) is 12.4 Å². The molecule has 1 aromatic carbocycles. The lowest BCUT2D eigenvalue weighted by Gasteiger charge is -2.21. The number of rotatable bonds is 4. The molecule has 1 aliphatic heterocycles. The number of halogens is 1. The van der Waals surface area contributed by atoms with Gasteiger partial charge >= 0.3 is 0 Å². The molecule has 2 nitrogen and oxygen atoms in total. The molecule has 0 bridgehead atoms. The monoisotopic (exact) mass is 343 g/mol. The van der Waals surface area contributed by atoms with Gasteiger partial charge in [-0.05, 0) is 29.7 Å². The molecular weight excluding hydrogens is 322 g/mol. The predicted molar refractivity (Wildman–Crippen MR) is 87.2 cm³/mol. The van der Waals surface area contributed by atoms with Gasteiger partial charge in [0.05, 0.1) is 6.61 Å². The number of hydrogen-bond acceptors (Lipinski definition) is 3. The highest BCUT2D eigenvalue weighted by Gasteiger charge is 2.20. The third kappa shape index (κ3) is 4.40. The number of benzene rings is 1. The van der Waals surface area contributed by atoms with Crippen LogP contribution in [0.5, 0.6) is 5.75 Å². The molecule has 1 heterocycles. The average Bonchev–Trinajstić information content (AvgIpc) is 2.73. The zero-order valence-electron chi connectivity index (χ0n) is 11.8. The van der Waals surface area contributed by atoms with Gasteiger partial charge in [0.2, 0.25) is 0 Å². The fourth-order valence-electron chi connectivity index (χ4n) is 2.20. The molecule has 0 spiro atoms. The van der Waals surface area contributed by atoms with Crippen LogP contribution in [0.4, 0.5) is 0 Å². The summed E-state index contributed by atoms with van der Waals surface area (Å²) in [5.41, 5.74) is 8.81. The Morgan fingerprint density at radius 3 is 2.84 bits per heavy atom. The van der Waals surface area contributed by atoms with Crippen molar-refractivity contribution in [3.05, 3.63) is 27.7 Å². The van der Waals surface area contributed by atoms with Gasteiger partial charge < -0.3 is 10.5 Å². The number of nitrogens with two attached hydrogens (primary N) is 1. The Labute approximate surface area is 128 Å². The summed E-state index contributed by atoms with van der Waals surface area (Å²) in [7, 11) is 0. The molecule has 1 atom stereocenters. The van der Waals surface area contributed by atoms with E-state index >= 15 is 0 Å². The summed E-state index contributed by atoms with van der Waals surface area (Å²) >= 11 is 5.50. The van der Waals surface area contributed by atoms with E-state index in [1.54, 1.807) is 0 Å². The first-order valence-corrected chi connectivity index (χ1v) is 8.46. The predicted octanol–water partition coefficient (Wildman–Crippen LogP) is 3.79. The molecule has 0 amide bonds. The van der Waals surface area contributed by atoms with E-state index in [1.165, 1.54) is 11.1 Å². The summed E-state index contributed by atoms with van der Waals surface area (Å²) in [5.74, 6) is 2.05. The van der Waals surface area contributed by atoms with E-state index in [9.17, 15) is 0 Å². The zero-order chi connectivity index (χ0) is 14.0. The molecule has 0 aromatic heterocycles. The normalized spacial score (nSPS) is 16.1. The maximum Gasteiger partial charge on any atom is 0.125 e. The number of fused-ring (bicyclic) bond motifs is 1. The second-order valence-electron chi connectivity index (χ2n) is 6.04. The molecule has 2 N–H and O–H groups in total. The van der Waals surface area contributed by atoms with Crippen LogP contribution in [-0.4, -0.2) is 23.1 Å². The van der Waals surface area contributed by atoms with Crippen LogP contribution in [0.3, 0.4) is 0 Å². The van der Waals surface area contributed by atoms with Crippen LogP contribution < -0.4 is 10.5 Å². The Morgan fingerprint density at radius 1 is 1.42 bits per heavy atom. The molecule has 2 rings (SSSR count). The standard InChI is InChI=1S/C15H22BrNOS/c1-15(2,3)19-9-13(17)8-11-7-12(16)6-10-4-5-18-14(10)11/h6-7,13H,4-5,8-9,17H2,1-3H3. The van der Waals surface area contributed by atoms with Gasteiger partial charge in [-0.2, -0.15) is 11.8 Å². The Balaban J connectivity index is 2.03. The van der Waals surface area contributed by atoms with Gasteiger partial charge in [0, 0.05) is 27.4 Å². The summed E-state index contributed by atoms with van der Waals surface area (Å²) in [5, 5.41) is 0. The van der Waals surface area contributed by atoms with Crippen molar-refractivity contribution < 1.29 is 4.74 Å². The van der Waals surface area contributed by atoms with Gasteiger partial charge in [-0.15, -0.1) is 0 Å². The summed E-state index contributed by atoms with van der Waals surface area (Å²) in [6.45, 7) is 7.48. The lowest BCUT2D eigenvalue weighted by Crippen LogP contribution is -2.28. The minimum Gasteiger partial charge on any atom is -0.493 e. The molecule has 0 fully saturated rings. The molecule has 106 valence electrons. The summed E-state index contributed by atoms with van der Waals surface area (Å²) < 4.78 is 7.15. The quantitative estimate of drug-likeness (QED) is 0.903. The first-order chi connectivity index (χ1) is 8.85. The minimum absolute atomic E-state index is 0.173. The fourth-order valence-corrected chi connectivity index (χ4v) is 3.58. The van der Waals surface area contributed by atoms with Crippen LogP contribution in [-0.2, 0) is 12.8 Å². The Bertz CT molecular complexity index is 456. The highest BCUT2D eigenvalue weighted by atomic mass is 79.9. The van der Waals surface area contributed by atoms with Crippen LogP contribution in [0.2, 0.25) is 0 Å². The molecule has 1 aromatic rings. The van der Waals surface area contributed by atoms with Crippen LogP contribution in [0, 0.1) is 0 Å². The molecule has 0 saturated heterocycles. The van der Waals surface area contributed by atoms with Gasteiger partial charge in [0.1, 0.15) is 5.75 Å². The van der Waals surface area contributed by atoms with Gasteiger partial charge in [-0.25, -0.2) is 0 Å². The molecule has 0 saturated carbocycles. The molecule has 4 heteroatoms. The molecule has 0 aliphatic carbocycles. The molecule has 0 radical (unpaired) electrons. The van der Waals surface area contributed by atoms with E-state index in [4.69, 9.17) is 10.5 Å². The van der Waals surface area contributed by atoms with Crippen molar-refractivity contribution in [1.82, 2.24) is 0 Å². The largest absolute Gasteiger partial charge is 0.493 e. The molecular formula is C15H22BrNOS. The lowest BCUT2D eigenvalue weighted by atomic mass is 10.0. The van der Waals surface area contributed by atoms with Crippen LogP contribution in [0.1, 0.15) is 31.9 Å². The van der Waals surface area contributed by atoms with Gasteiger partial charge in [0.15, 0.2) is 0 Å². The van der Waals surface area contributed by atoms with E-state index in [-0.39, 0.29) is 10.8 Å². The Kier molecular flexibility index (Phi) is 4.85. The van der Waals surface area contributed by atoms with E-state index in [1.807, 2.05) is 11.8 Å².